The van der Waals surface area contributed by atoms with Crippen LogP contribution in [0.25, 0.3) is 0 Å². The third-order valence-electron chi connectivity index (χ3n) is 3.48. The molecule has 0 aliphatic carbocycles. The quantitative estimate of drug-likeness (QED) is 0.727. The van der Waals surface area contributed by atoms with Crippen LogP contribution in [0.15, 0.2) is 53.4 Å². The summed E-state index contributed by atoms with van der Waals surface area (Å²) in [4.78, 5) is 12.1. The second-order valence-corrected chi connectivity index (χ2v) is 6.33. The average molecular weight is 346 g/mol. The van der Waals surface area contributed by atoms with Crippen LogP contribution in [-0.4, -0.2) is 15.7 Å². The van der Waals surface area contributed by atoms with Crippen LogP contribution in [0, 0.1) is 0 Å². The highest BCUT2D eigenvalue weighted by Gasteiger charge is 2.09. The van der Waals surface area contributed by atoms with Crippen molar-refractivity contribution in [3.8, 4) is 0 Å². The molecule has 1 aromatic carbocycles. The van der Waals surface area contributed by atoms with Crippen LogP contribution < -0.4 is 5.32 Å². The molecule has 4 nitrogen and oxygen atoms in total. The van der Waals surface area contributed by atoms with Crippen LogP contribution in [0.2, 0.25) is 5.02 Å². The summed E-state index contributed by atoms with van der Waals surface area (Å²) in [6.45, 7) is 0.521. The zero-order valence-corrected chi connectivity index (χ0v) is 14.0. The van der Waals surface area contributed by atoms with Crippen LogP contribution in [0.5, 0.6) is 0 Å². The number of amides is 1. The smallest absolute Gasteiger partial charge is 0.225 e. The van der Waals surface area contributed by atoms with Gasteiger partial charge < -0.3 is 5.32 Å². The molecule has 0 aliphatic rings. The Hall–Kier alpha value is -2.11. The number of nitrogens with one attached hydrogen (secondary N) is 1. The summed E-state index contributed by atoms with van der Waals surface area (Å²) in [6.07, 6.45) is 2.87. The molecule has 3 aromatic rings. The van der Waals surface area contributed by atoms with Gasteiger partial charge in [-0.25, -0.2) is 4.68 Å². The Morgan fingerprint density at radius 1 is 1.26 bits per heavy atom. The van der Waals surface area contributed by atoms with E-state index in [0.29, 0.717) is 23.8 Å². The van der Waals surface area contributed by atoms with Gasteiger partial charge in [0, 0.05) is 17.5 Å². The zero-order valence-electron chi connectivity index (χ0n) is 12.4. The van der Waals surface area contributed by atoms with Crippen molar-refractivity contribution in [3.05, 3.63) is 69.5 Å². The Balaban J connectivity index is 1.62. The average Bonchev–Trinajstić information content (AvgIpc) is 3.20. The van der Waals surface area contributed by atoms with Gasteiger partial charge in [0.15, 0.2) is 0 Å². The molecule has 118 valence electrons. The number of hydrogen-bond acceptors (Lipinski definition) is 3. The van der Waals surface area contributed by atoms with E-state index in [1.807, 2.05) is 35.7 Å². The molecule has 0 bridgehead atoms. The zero-order chi connectivity index (χ0) is 16.1. The van der Waals surface area contributed by atoms with Crippen molar-refractivity contribution in [1.82, 2.24) is 9.78 Å². The molecule has 1 N–H and O–H groups in total. The molecule has 2 aromatic heterocycles. The van der Waals surface area contributed by atoms with Gasteiger partial charge in [0.25, 0.3) is 0 Å². The number of benzene rings is 1. The lowest BCUT2D eigenvalue weighted by molar-refractivity contribution is -0.116. The topological polar surface area (TPSA) is 46.9 Å². The number of thiophene rings is 1. The fraction of sp³-hybridized carbons (Fsp3) is 0.176. The van der Waals surface area contributed by atoms with E-state index in [1.165, 1.54) is 5.56 Å². The monoisotopic (exact) mass is 345 g/mol. The first-order valence-corrected chi connectivity index (χ1v) is 8.60. The van der Waals surface area contributed by atoms with E-state index in [1.54, 1.807) is 28.3 Å². The van der Waals surface area contributed by atoms with Crippen molar-refractivity contribution in [2.24, 2.45) is 0 Å². The second-order valence-electron chi connectivity index (χ2n) is 5.15. The number of carbonyl (C=O) groups excluding carboxylic acids is 1. The summed E-state index contributed by atoms with van der Waals surface area (Å²) in [5, 5.41) is 12.0. The van der Waals surface area contributed by atoms with Crippen LogP contribution in [-0.2, 0) is 17.8 Å². The number of halogens is 1. The van der Waals surface area contributed by atoms with E-state index in [9.17, 15) is 4.79 Å². The first-order valence-electron chi connectivity index (χ1n) is 7.28. The molecule has 0 aliphatic heterocycles. The minimum Gasteiger partial charge on any atom is -0.311 e. The van der Waals surface area contributed by atoms with E-state index in [-0.39, 0.29) is 5.91 Å². The third kappa shape index (κ3) is 4.21. The Kier molecular flexibility index (Phi) is 5.10. The van der Waals surface area contributed by atoms with Gasteiger partial charge in [0.2, 0.25) is 5.91 Å². The molecule has 0 fully saturated rings. The van der Waals surface area contributed by atoms with E-state index in [2.05, 4.69) is 15.8 Å². The number of nitrogens with zero attached hydrogens (tertiary/aromatic N) is 2. The predicted octanol–water partition coefficient (Wildman–Crippen LogP) is 4.22. The number of anilines is 1. The maximum atomic E-state index is 12.1. The Morgan fingerprint density at radius 3 is 2.91 bits per heavy atom. The van der Waals surface area contributed by atoms with Crippen molar-refractivity contribution in [3.63, 3.8) is 0 Å². The van der Waals surface area contributed by atoms with Gasteiger partial charge in [-0.1, -0.05) is 29.8 Å². The van der Waals surface area contributed by atoms with Crippen LogP contribution in [0.3, 0.4) is 0 Å². The minimum atomic E-state index is -0.0166. The number of hydrogen-bond donors (Lipinski definition) is 1. The van der Waals surface area contributed by atoms with Gasteiger partial charge >= 0.3 is 0 Å². The molecule has 0 spiro atoms. The molecular formula is C17H16ClN3OS. The van der Waals surface area contributed by atoms with Gasteiger partial charge in [-0.05, 0) is 40.4 Å². The lowest BCUT2D eigenvalue weighted by Gasteiger charge is -2.10. The Morgan fingerprint density at radius 2 is 2.13 bits per heavy atom. The lowest BCUT2D eigenvalue weighted by atomic mass is 10.2. The molecule has 6 heteroatoms. The van der Waals surface area contributed by atoms with Crippen LogP contribution in [0.1, 0.15) is 17.5 Å². The maximum absolute atomic E-state index is 12.1. The molecule has 3 rings (SSSR count). The van der Waals surface area contributed by atoms with E-state index < -0.39 is 0 Å². The van der Waals surface area contributed by atoms with Crippen molar-refractivity contribution < 1.29 is 4.79 Å². The van der Waals surface area contributed by atoms with Crippen molar-refractivity contribution in [2.75, 3.05) is 5.32 Å². The second kappa shape index (κ2) is 7.44. The number of rotatable bonds is 6. The van der Waals surface area contributed by atoms with Crippen molar-refractivity contribution >= 4 is 34.7 Å². The van der Waals surface area contributed by atoms with Crippen LogP contribution in [0.4, 0.5) is 5.82 Å². The summed E-state index contributed by atoms with van der Waals surface area (Å²) in [6, 6.07) is 11.5. The molecule has 23 heavy (non-hydrogen) atoms. The van der Waals surface area contributed by atoms with Crippen LogP contribution >= 0.6 is 22.9 Å². The molecule has 0 atom stereocenters. The maximum Gasteiger partial charge on any atom is 0.225 e. The summed E-state index contributed by atoms with van der Waals surface area (Å²) in [7, 11) is 0. The lowest BCUT2D eigenvalue weighted by Crippen LogP contribution is -2.16. The first-order chi connectivity index (χ1) is 11.2. The highest BCUT2D eigenvalue weighted by atomic mass is 35.5. The third-order valence-corrected chi connectivity index (χ3v) is 4.58. The van der Waals surface area contributed by atoms with Gasteiger partial charge in [-0.15, -0.1) is 0 Å². The van der Waals surface area contributed by atoms with E-state index >= 15 is 0 Å². The minimum absolute atomic E-state index is 0.0166. The summed E-state index contributed by atoms with van der Waals surface area (Å²) in [5.74, 6) is 0.664. The summed E-state index contributed by atoms with van der Waals surface area (Å²) < 4.78 is 1.74. The van der Waals surface area contributed by atoms with Crippen molar-refractivity contribution in [2.45, 2.75) is 19.4 Å². The largest absolute Gasteiger partial charge is 0.311 e. The standard InChI is InChI=1S/C17H16ClN3OS/c18-15-4-2-1-3-14(15)11-21-16(7-9-19-21)20-17(22)6-5-13-8-10-23-12-13/h1-4,7-10,12H,5-6,11H2,(H,20,22). The molecule has 1 amide bonds. The van der Waals surface area contributed by atoms with Gasteiger partial charge in [-0.3, -0.25) is 4.79 Å². The fourth-order valence-electron chi connectivity index (χ4n) is 2.25. The first kappa shape index (κ1) is 15.8. The molecule has 2 heterocycles. The van der Waals surface area contributed by atoms with E-state index in [0.717, 1.165) is 12.0 Å². The summed E-state index contributed by atoms with van der Waals surface area (Å²) >= 11 is 7.82. The van der Waals surface area contributed by atoms with Gasteiger partial charge in [-0.2, -0.15) is 16.4 Å². The normalized spacial score (nSPS) is 10.7. The van der Waals surface area contributed by atoms with Crippen molar-refractivity contribution in [1.29, 1.82) is 0 Å². The number of carbonyl (C=O) groups is 1. The van der Waals surface area contributed by atoms with Gasteiger partial charge in [0.05, 0.1) is 12.7 Å². The Bertz CT molecular complexity index is 783. The van der Waals surface area contributed by atoms with E-state index in [4.69, 9.17) is 11.6 Å². The highest BCUT2D eigenvalue weighted by Crippen LogP contribution is 2.18. The molecule has 0 saturated heterocycles. The molecule has 0 saturated carbocycles. The number of aromatic nitrogens is 2. The fourth-order valence-corrected chi connectivity index (χ4v) is 3.15. The predicted molar refractivity (Wildman–Crippen MR) is 94.1 cm³/mol. The Labute approximate surface area is 143 Å². The molecule has 0 radical (unpaired) electrons. The molecule has 0 unspecified atom stereocenters. The summed E-state index contributed by atoms with van der Waals surface area (Å²) in [5.41, 5.74) is 2.15. The molecular weight excluding hydrogens is 330 g/mol. The SMILES string of the molecule is O=C(CCc1ccsc1)Nc1ccnn1Cc1ccccc1Cl. The van der Waals surface area contributed by atoms with Gasteiger partial charge in [0.1, 0.15) is 5.82 Å². The number of aryl methyl sites for hydroxylation is 1. The highest BCUT2D eigenvalue weighted by molar-refractivity contribution is 7.07.